The van der Waals surface area contributed by atoms with Gasteiger partial charge in [0.1, 0.15) is 6.04 Å². The molecule has 3 atom stereocenters. The van der Waals surface area contributed by atoms with Crippen LogP contribution in [0.5, 0.6) is 0 Å². The molecule has 1 aromatic rings. The molecule has 2 bridgehead atoms. The molecule has 2 fully saturated rings. The average Bonchev–Trinajstić information content (AvgIpc) is 3.20. The van der Waals surface area contributed by atoms with Gasteiger partial charge in [0, 0.05) is 19.0 Å². The van der Waals surface area contributed by atoms with Crippen molar-refractivity contribution in [3.05, 3.63) is 17.7 Å². The van der Waals surface area contributed by atoms with Gasteiger partial charge < -0.3 is 19.9 Å². The number of hydrogen-bond acceptors (Lipinski definition) is 3. The molecule has 3 heterocycles. The molecule has 1 aromatic heterocycles. The SMILES string of the molecule is O=C(O)C1Cc2nc[nH]c2CN1C(=O)N1CC2CCC1C2. The molecule has 1 saturated heterocycles. The Balaban J connectivity index is 1.60. The molecule has 3 unspecified atom stereocenters. The fraction of sp³-hybridized carbons (Fsp3) is 0.643. The van der Waals surface area contributed by atoms with Crippen molar-refractivity contribution in [2.45, 2.75) is 44.3 Å². The second kappa shape index (κ2) is 4.47. The van der Waals surface area contributed by atoms with Gasteiger partial charge in [0.05, 0.1) is 24.3 Å². The predicted octanol–water partition coefficient (Wildman–Crippen LogP) is 0.825. The number of rotatable bonds is 1. The number of likely N-dealkylation sites (tertiary alicyclic amines) is 1. The Labute approximate surface area is 121 Å². The van der Waals surface area contributed by atoms with Crippen LogP contribution < -0.4 is 0 Å². The Bertz CT molecular complexity index is 599. The van der Waals surface area contributed by atoms with Crippen molar-refractivity contribution in [1.29, 1.82) is 0 Å². The largest absolute Gasteiger partial charge is 0.480 e. The van der Waals surface area contributed by atoms with Gasteiger partial charge in [-0.05, 0) is 25.2 Å². The summed E-state index contributed by atoms with van der Waals surface area (Å²) >= 11 is 0. The summed E-state index contributed by atoms with van der Waals surface area (Å²) in [7, 11) is 0. The number of carboxylic acid groups (broad SMARTS) is 1. The third-order valence-corrected chi connectivity index (χ3v) is 5.08. The van der Waals surface area contributed by atoms with Gasteiger partial charge in [0.25, 0.3) is 0 Å². The molecule has 7 heteroatoms. The molecule has 2 amide bonds. The topological polar surface area (TPSA) is 89.5 Å². The number of H-pyrrole nitrogens is 1. The van der Waals surface area contributed by atoms with E-state index in [4.69, 9.17) is 0 Å². The minimum atomic E-state index is -0.957. The van der Waals surface area contributed by atoms with Crippen molar-refractivity contribution in [1.82, 2.24) is 19.8 Å². The van der Waals surface area contributed by atoms with E-state index in [1.165, 1.54) is 11.3 Å². The van der Waals surface area contributed by atoms with E-state index in [-0.39, 0.29) is 12.5 Å². The van der Waals surface area contributed by atoms with Crippen LogP contribution in [0.25, 0.3) is 0 Å². The highest BCUT2D eigenvalue weighted by Crippen LogP contribution is 2.38. The maximum Gasteiger partial charge on any atom is 0.326 e. The highest BCUT2D eigenvalue weighted by atomic mass is 16.4. The number of carbonyl (C=O) groups excluding carboxylic acids is 1. The summed E-state index contributed by atoms with van der Waals surface area (Å²) in [5.41, 5.74) is 1.61. The van der Waals surface area contributed by atoms with E-state index < -0.39 is 12.0 Å². The fourth-order valence-electron chi connectivity index (χ4n) is 3.98. The smallest absolute Gasteiger partial charge is 0.326 e. The van der Waals surface area contributed by atoms with E-state index in [0.717, 1.165) is 30.8 Å². The van der Waals surface area contributed by atoms with Crippen LogP contribution in [0.2, 0.25) is 0 Å². The van der Waals surface area contributed by atoms with Gasteiger partial charge in [-0.25, -0.2) is 14.6 Å². The van der Waals surface area contributed by atoms with Gasteiger partial charge >= 0.3 is 12.0 Å². The molecule has 3 aliphatic rings. The Morgan fingerprint density at radius 2 is 2.19 bits per heavy atom. The number of urea groups is 1. The van der Waals surface area contributed by atoms with Gasteiger partial charge in [-0.2, -0.15) is 0 Å². The number of piperidine rings is 1. The molecule has 2 aliphatic heterocycles. The highest BCUT2D eigenvalue weighted by Gasteiger charge is 2.45. The van der Waals surface area contributed by atoms with E-state index >= 15 is 0 Å². The van der Waals surface area contributed by atoms with E-state index in [0.29, 0.717) is 18.5 Å². The maximum atomic E-state index is 12.8. The Morgan fingerprint density at radius 1 is 1.33 bits per heavy atom. The van der Waals surface area contributed by atoms with Crippen LogP contribution in [0.4, 0.5) is 4.79 Å². The molecule has 0 aromatic carbocycles. The van der Waals surface area contributed by atoms with Gasteiger partial charge in [0.2, 0.25) is 0 Å². The first-order valence-corrected chi connectivity index (χ1v) is 7.44. The van der Waals surface area contributed by atoms with Gasteiger partial charge in [0.15, 0.2) is 0 Å². The van der Waals surface area contributed by atoms with Crippen molar-refractivity contribution in [3.8, 4) is 0 Å². The molecule has 21 heavy (non-hydrogen) atoms. The third kappa shape index (κ3) is 1.91. The zero-order valence-electron chi connectivity index (χ0n) is 11.7. The van der Waals surface area contributed by atoms with Crippen molar-refractivity contribution in [2.75, 3.05) is 6.54 Å². The second-order valence-electron chi connectivity index (χ2n) is 6.28. The van der Waals surface area contributed by atoms with Crippen LogP contribution in [0, 0.1) is 5.92 Å². The summed E-state index contributed by atoms with van der Waals surface area (Å²) in [5.74, 6) is -0.351. The fourth-order valence-corrected chi connectivity index (χ4v) is 3.98. The van der Waals surface area contributed by atoms with E-state index in [9.17, 15) is 14.7 Å². The zero-order valence-corrected chi connectivity index (χ0v) is 11.7. The number of aliphatic carboxylic acids is 1. The lowest BCUT2D eigenvalue weighted by atomic mass is 10.0. The average molecular weight is 290 g/mol. The first-order chi connectivity index (χ1) is 10.1. The Hall–Kier alpha value is -2.05. The lowest BCUT2D eigenvalue weighted by Crippen LogP contribution is -2.55. The monoisotopic (exact) mass is 290 g/mol. The van der Waals surface area contributed by atoms with Crippen LogP contribution in [0.15, 0.2) is 6.33 Å². The quantitative estimate of drug-likeness (QED) is 0.801. The number of carbonyl (C=O) groups is 2. The molecule has 2 N–H and O–H groups in total. The summed E-state index contributed by atoms with van der Waals surface area (Å²) in [6, 6.07) is -0.637. The Kier molecular flexibility index (Phi) is 2.70. The third-order valence-electron chi connectivity index (χ3n) is 5.08. The van der Waals surface area contributed by atoms with Crippen molar-refractivity contribution in [3.63, 3.8) is 0 Å². The Morgan fingerprint density at radius 3 is 2.86 bits per heavy atom. The van der Waals surface area contributed by atoms with Crippen molar-refractivity contribution in [2.24, 2.45) is 5.92 Å². The number of nitrogens with one attached hydrogen (secondary N) is 1. The zero-order chi connectivity index (χ0) is 14.6. The van der Waals surface area contributed by atoms with Gasteiger partial charge in [-0.15, -0.1) is 0 Å². The summed E-state index contributed by atoms with van der Waals surface area (Å²) < 4.78 is 0. The number of imidazole rings is 1. The van der Waals surface area contributed by atoms with Crippen molar-refractivity contribution < 1.29 is 14.7 Å². The number of hydrogen-bond donors (Lipinski definition) is 2. The van der Waals surface area contributed by atoms with Crippen LogP contribution in [-0.4, -0.2) is 55.5 Å². The summed E-state index contributed by atoms with van der Waals surface area (Å²) in [4.78, 5) is 34.8. The number of aromatic amines is 1. The standard InChI is InChI=1S/C14H18N4O3/c19-13(20)12-4-10-11(16-7-15-10)6-18(12)14(21)17-5-8-1-2-9(17)3-8/h7-9,12H,1-6H2,(H,15,16)(H,19,20). The minimum Gasteiger partial charge on any atom is -0.480 e. The number of nitrogens with zero attached hydrogens (tertiary/aromatic N) is 3. The lowest BCUT2D eigenvalue weighted by Gasteiger charge is -2.38. The molecule has 4 rings (SSSR count). The normalized spacial score (nSPS) is 30.6. The summed E-state index contributed by atoms with van der Waals surface area (Å²) in [6.45, 7) is 1.08. The van der Waals surface area contributed by atoms with Gasteiger partial charge in [-0.1, -0.05) is 0 Å². The molecule has 1 saturated carbocycles. The molecule has 0 radical (unpaired) electrons. The van der Waals surface area contributed by atoms with E-state index in [2.05, 4.69) is 9.97 Å². The molecule has 0 spiro atoms. The van der Waals surface area contributed by atoms with Crippen LogP contribution in [0.3, 0.4) is 0 Å². The minimum absolute atomic E-state index is 0.130. The highest BCUT2D eigenvalue weighted by molar-refractivity contribution is 5.84. The first-order valence-electron chi connectivity index (χ1n) is 7.44. The van der Waals surface area contributed by atoms with E-state index in [1.54, 1.807) is 6.33 Å². The van der Waals surface area contributed by atoms with E-state index in [1.807, 2.05) is 4.90 Å². The number of aromatic nitrogens is 2. The van der Waals surface area contributed by atoms with Crippen LogP contribution in [-0.2, 0) is 17.8 Å². The molecule has 1 aliphatic carbocycles. The van der Waals surface area contributed by atoms with Crippen molar-refractivity contribution >= 4 is 12.0 Å². The maximum absolute atomic E-state index is 12.8. The number of fused-ring (bicyclic) bond motifs is 3. The summed E-state index contributed by atoms with van der Waals surface area (Å²) in [6.07, 6.45) is 5.17. The second-order valence-corrected chi connectivity index (χ2v) is 6.28. The van der Waals surface area contributed by atoms with Gasteiger partial charge in [-0.3, -0.25) is 0 Å². The van der Waals surface area contributed by atoms with Crippen LogP contribution >= 0.6 is 0 Å². The molecule has 112 valence electrons. The molecular weight excluding hydrogens is 272 g/mol. The van der Waals surface area contributed by atoms with Crippen LogP contribution in [0.1, 0.15) is 30.7 Å². The predicted molar refractivity (Wildman–Crippen MR) is 72.5 cm³/mol. The lowest BCUT2D eigenvalue weighted by molar-refractivity contribution is -0.143. The molecular formula is C14H18N4O3. The first kappa shape index (κ1) is 12.7. The number of amides is 2. The molecule has 7 nitrogen and oxygen atoms in total. The number of carboxylic acids is 1. The summed E-state index contributed by atoms with van der Waals surface area (Å²) in [5, 5.41) is 9.44.